The number of thioether (sulfide) groups is 1. The molecule has 1 aliphatic heterocycles. The zero-order valence-electron chi connectivity index (χ0n) is 13.2. The predicted octanol–water partition coefficient (Wildman–Crippen LogP) is 3.52. The van der Waals surface area contributed by atoms with Gasteiger partial charge in [-0.3, -0.25) is 0 Å². The summed E-state index contributed by atoms with van der Waals surface area (Å²) in [7, 11) is 0. The Morgan fingerprint density at radius 3 is 2.61 bits per heavy atom. The van der Waals surface area contributed by atoms with Gasteiger partial charge in [0, 0.05) is 37.2 Å². The summed E-state index contributed by atoms with van der Waals surface area (Å²) in [6.45, 7) is 2.95. The van der Waals surface area contributed by atoms with Crippen molar-refractivity contribution in [2.45, 2.75) is 25.3 Å². The first-order valence-electron chi connectivity index (χ1n) is 8.36. The maximum Gasteiger partial charge on any atom is 0.134 e. The molecule has 0 radical (unpaired) electrons. The normalized spacial score (nSPS) is 18.0. The van der Waals surface area contributed by atoms with E-state index in [9.17, 15) is 0 Å². The molecule has 4 rings (SSSR count). The second-order valence-electron chi connectivity index (χ2n) is 6.23. The third-order valence-corrected chi connectivity index (χ3v) is 5.43. The second-order valence-corrected chi connectivity index (χ2v) is 7.46. The average Bonchev–Trinajstić information content (AvgIpc) is 3.47. The number of rotatable bonds is 5. The van der Waals surface area contributed by atoms with E-state index >= 15 is 0 Å². The van der Waals surface area contributed by atoms with Gasteiger partial charge in [-0.1, -0.05) is 24.3 Å². The van der Waals surface area contributed by atoms with E-state index < -0.39 is 0 Å². The van der Waals surface area contributed by atoms with Crippen LogP contribution in [-0.4, -0.2) is 34.6 Å². The standard InChI is InChI=1S/C18H22N4S/c1-3-15(16-5-6-16)4-2-14(1)12-19-17-11-18(21-13-20-17)22-7-9-23-10-8-22/h1-4,11,13,16H,5-10,12H2,(H,19,20,21). The summed E-state index contributed by atoms with van der Waals surface area (Å²) >= 11 is 2.01. The van der Waals surface area contributed by atoms with E-state index in [0.717, 1.165) is 37.2 Å². The summed E-state index contributed by atoms with van der Waals surface area (Å²) in [5.74, 6) is 5.12. The molecule has 0 unspecified atom stereocenters. The molecule has 2 heterocycles. The number of nitrogens with one attached hydrogen (secondary N) is 1. The zero-order valence-corrected chi connectivity index (χ0v) is 14.1. The minimum Gasteiger partial charge on any atom is -0.366 e. The molecule has 2 aromatic rings. The molecule has 0 bridgehead atoms. The number of nitrogens with zero attached hydrogens (tertiary/aromatic N) is 3. The van der Waals surface area contributed by atoms with Gasteiger partial charge in [-0.15, -0.1) is 0 Å². The van der Waals surface area contributed by atoms with Gasteiger partial charge in [-0.05, 0) is 29.9 Å². The van der Waals surface area contributed by atoms with Crippen molar-refractivity contribution in [2.75, 3.05) is 34.8 Å². The van der Waals surface area contributed by atoms with E-state index in [-0.39, 0.29) is 0 Å². The van der Waals surface area contributed by atoms with Gasteiger partial charge in [0.1, 0.15) is 18.0 Å². The van der Waals surface area contributed by atoms with E-state index in [0.29, 0.717) is 0 Å². The van der Waals surface area contributed by atoms with Crippen molar-refractivity contribution >= 4 is 23.4 Å². The molecule has 1 saturated heterocycles. The highest BCUT2D eigenvalue weighted by atomic mass is 32.2. The lowest BCUT2D eigenvalue weighted by molar-refractivity contribution is 0.835. The molecule has 2 aliphatic rings. The predicted molar refractivity (Wildman–Crippen MR) is 97.3 cm³/mol. The number of hydrogen-bond acceptors (Lipinski definition) is 5. The van der Waals surface area contributed by atoms with Crippen molar-refractivity contribution in [3.05, 3.63) is 47.8 Å². The van der Waals surface area contributed by atoms with Crippen molar-refractivity contribution in [3.63, 3.8) is 0 Å². The van der Waals surface area contributed by atoms with Crippen LogP contribution in [0.2, 0.25) is 0 Å². The van der Waals surface area contributed by atoms with Crippen LogP contribution in [0.25, 0.3) is 0 Å². The van der Waals surface area contributed by atoms with E-state index in [4.69, 9.17) is 0 Å². The summed E-state index contributed by atoms with van der Waals surface area (Å²) in [5.41, 5.74) is 2.78. The van der Waals surface area contributed by atoms with Gasteiger partial charge in [0.05, 0.1) is 0 Å². The molecule has 1 aromatic heterocycles. The largest absolute Gasteiger partial charge is 0.366 e. The molecular formula is C18H22N4S. The molecule has 0 spiro atoms. The Balaban J connectivity index is 1.38. The summed E-state index contributed by atoms with van der Waals surface area (Å²) in [6.07, 6.45) is 4.38. The van der Waals surface area contributed by atoms with Gasteiger partial charge in [-0.2, -0.15) is 11.8 Å². The average molecular weight is 326 g/mol. The second kappa shape index (κ2) is 6.79. The van der Waals surface area contributed by atoms with Crippen LogP contribution in [-0.2, 0) is 6.54 Å². The maximum absolute atomic E-state index is 4.42. The molecule has 5 heteroatoms. The Morgan fingerprint density at radius 2 is 1.87 bits per heavy atom. The maximum atomic E-state index is 4.42. The molecule has 0 atom stereocenters. The van der Waals surface area contributed by atoms with Crippen LogP contribution >= 0.6 is 11.8 Å². The van der Waals surface area contributed by atoms with Crippen LogP contribution in [0.15, 0.2) is 36.7 Å². The molecular weight excluding hydrogens is 304 g/mol. The van der Waals surface area contributed by atoms with Crippen molar-refractivity contribution in [1.29, 1.82) is 0 Å². The Morgan fingerprint density at radius 1 is 1.09 bits per heavy atom. The minimum atomic E-state index is 0.803. The Bertz CT molecular complexity index is 648. The van der Waals surface area contributed by atoms with Gasteiger partial charge >= 0.3 is 0 Å². The van der Waals surface area contributed by atoms with Gasteiger partial charge in [0.15, 0.2) is 0 Å². The van der Waals surface area contributed by atoms with Crippen LogP contribution in [0.3, 0.4) is 0 Å². The van der Waals surface area contributed by atoms with E-state index in [1.807, 2.05) is 11.8 Å². The van der Waals surface area contributed by atoms with E-state index in [2.05, 4.69) is 50.5 Å². The highest BCUT2D eigenvalue weighted by Gasteiger charge is 2.22. The highest BCUT2D eigenvalue weighted by Crippen LogP contribution is 2.39. The molecule has 1 aromatic carbocycles. The lowest BCUT2D eigenvalue weighted by Gasteiger charge is -2.27. The SMILES string of the molecule is c1nc(NCc2ccc(C3CC3)cc2)cc(N2CCSCC2)n1. The summed E-state index contributed by atoms with van der Waals surface area (Å²) in [4.78, 5) is 11.1. The summed E-state index contributed by atoms with van der Waals surface area (Å²) < 4.78 is 0. The number of aromatic nitrogens is 2. The third kappa shape index (κ3) is 3.78. The van der Waals surface area contributed by atoms with Gasteiger partial charge in [-0.25, -0.2) is 9.97 Å². The monoisotopic (exact) mass is 326 g/mol. The number of benzene rings is 1. The fraction of sp³-hybridized carbons (Fsp3) is 0.444. The van der Waals surface area contributed by atoms with Crippen LogP contribution in [0, 0.1) is 0 Å². The van der Waals surface area contributed by atoms with Crippen LogP contribution < -0.4 is 10.2 Å². The summed E-state index contributed by atoms with van der Waals surface area (Å²) in [5, 5.41) is 3.42. The van der Waals surface area contributed by atoms with Crippen LogP contribution in [0.1, 0.15) is 29.9 Å². The van der Waals surface area contributed by atoms with Crippen LogP contribution in [0.5, 0.6) is 0 Å². The summed E-state index contributed by atoms with van der Waals surface area (Å²) in [6, 6.07) is 11.1. The lowest BCUT2D eigenvalue weighted by atomic mass is 10.1. The first-order valence-corrected chi connectivity index (χ1v) is 9.51. The molecule has 1 N–H and O–H groups in total. The van der Waals surface area contributed by atoms with E-state index in [1.165, 1.54) is 35.5 Å². The molecule has 120 valence electrons. The molecule has 4 nitrogen and oxygen atoms in total. The molecule has 1 aliphatic carbocycles. The first kappa shape index (κ1) is 14.8. The first-order chi connectivity index (χ1) is 11.4. The fourth-order valence-corrected chi connectivity index (χ4v) is 3.83. The zero-order chi connectivity index (χ0) is 15.5. The molecule has 23 heavy (non-hydrogen) atoms. The number of hydrogen-bond donors (Lipinski definition) is 1. The topological polar surface area (TPSA) is 41.1 Å². The molecule has 2 fully saturated rings. The quantitative estimate of drug-likeness (QED) is 0.910. The Labute approximate surface area is 141 Å². The van der Waals surface area contributed by atoms with Crippen molar-refractivity contribution in [1.82, 2.24) is 9.97 Å². The van der Waals surface area contributed by atoms with Gasteiger partial charge in [0.25, 0.3) is 0 Å². The highest BCUT2D eigenvalue weighted by molar-refractivity contribution is 7.99. The molecule has 1 saturated carbocycles. The van der Waals surface area contributed by atoms with Crippen molar-refractivity contribution in [3.8, 4) is 0 Å². The van der Waals surface area contributed by atoms with Gasteiger partial charge < -0.3 is 10.2 Å². The van der Waals surface area contributed by atoms with Gasteiger partial charge in [0.2, 0.25) is 0 Å². The molecule has 0 amide bonds. The Hall–Kier alpha value is -1.75. The lowest BCUT2D eigenvalue weighted by Crippen LogP contribution is -2.33. The Kier molecular flexibility index (Phi) is 4.37. The van der Waals surface area contributed by atoms with Crippen LogP contribution in [0.4, 0.5) is 11.6 Å². The minimum absolute atomic E-state index is 0.803. The van der Waals surface area contributed by atoms with E-state index in [1.54, 1.807) is 6.33 Å². The number of anilines is 2. The third-order valence-electron chi connectivity index (χ3n) is 4.49. The van der Waals surface area contributed by atoms with Crippen molar-refractivity contribution < 1.29 is 0 Å². The fourth-order valence-electron chi connectivity index (χ4n) is 2.93. The smallest absolute Gasteiger partial charge is 0.134 e. The van der Waals surface area contributed by atoms with Crippen molar-refractivity contribution in [2.24, 2.45) is 0 Å².